The molecular weight excluding hydrogens is 252 g/mol. The first-order chi connectivity index (χ1) is 7.61. The highest BCUT2D eigenvalue weighted by Gasteiger charge is 2.14. The molecule has 1 aromatic heterocycles. The third-order valence-corrected chi connectivity index (χ3v) is 2.93. The minimum absolute atomic E-state index is 0.0555. The molecule has 0 unspecified atom stereocenters. The second-order valence-electron chi connectivity index (χ2n) is 2.99. The monoisotopic (exact) mass is 254 g/mol. The standard InChI is InChI=1S/C11H3ClF2NS/c12-10-3-7(5-16-10)11-8(13)1-6(4-15)2-9(11)14/h1-3H. The van der Waals surface area contributed by atoms with E-state index in [1.54, 1.807) is 6.07 Å². The van der Waals surface area contributed by atoms with Crippen LogP contribution in [0.25, 0.3) is 11.1 Å². The largest absolute Gasteiger partial charge is 0.206 e. The molecule has 1 radical (unpaired) electrons. The lowest BCUT2D eigenvalue weighted by Gasteiger charge is -2.02. The molecule has 5 heteroatoms. The predicted molar refractivity (Wildman–Crippen MR) is 58.2 cm³/mol. The molecule has 0 aliphatic heterocycles. The molecule has 0 fully saturated rings. The number of nitrogens with zero attached hydrogens (tertiary/aromatic N) is 1. The Kier molecular flexibility index (Phi) is 2.90. The van der Waals surface area contributed by atoms with Crippen LogP contribution in [0.2, 0.25) is 4.34 Å². The smallest absolute Gasteiger partial charge is 0.135 e. The van der Waals surface area contributed by atoms with Crippen LogP contribution in [-0.4, -0.2) is 0 Å². The van der Waals surface area contributed by atoms with Gasteiger partial charge in [-0.3, -0.25) is 0 Å². The third-order valence-electron chi connectivity index (χ3n) is 1.96. The zero-order valence-electron chi connectivity index (χ0n) is 7.72. The molecule has 0 aliphatic carbocycles. The van der Waals surface area contributed by atoms with Crippen LogP contribution in [0.3, 0.4) is 0 Å². The van der Waals surface area contributed by atoms with Crippen LogP contribution in [0, 0.1) is 28.3 Å². The van der Waals surface area contributed by atoms with Crippen molar-refractivity contribution in [3.8, 4) is 17.2 Å². The van der Waals surface area contributed by atoms with Crippen molar-refractivity contribution in [3.05, 3.63) is 45.1 Å². The molecule has 79 valence electrons. The van der Waals surface area contributed by atoms with Gasteiger partial charge in [0.25, 0.3) is 0 Å². The van der Waals surface area contributed by atoms with Crippen LogP contribution in [0.5, 0.6) is 0 Å². The van der Waals surface area contributed by atoms with Gasteiger partial charge in [-0.15, -0.1) is 11.3 Å². The first-order valence-electron chi connectivity index (χ1n) is 4.18. The second-order valence-corrected chi connectivity index (χ2v) is 4.47. The van der Waals surface area contributed by atoms with E-state index in [0.29, 0.717) is 4.34 Å². The minimum atomic E-state index is -0.790. The fourth-order valence-corrected chi connectivity index (χ4v) is 2.06. The summed E-state index contributed by atoms with van der Waals surface area (Å²) in [4.78, 5) is 0. The number of hydrogen-bond acceptors (Lipinski definition) is 2. The summed E-state index contributed by atoms with van der Waals surface area (Å²) >= 11 is 6.73. The SMILES string of the molecule is N#Cc1cc(F)c(-c2[c]sc(Cl)c2)c(F)c1. The highest BCUT2D eigenvalue weighted by molar-refractivity contribution is 7.14. The van der Waals surface area contributed by atoms with Gasteiger partial charge < -0.3 is 0 Å². The van der Waals surface area contributed by atoms with Gasteiger partial charge in [0.15, 0.2) is 0 Å². The van der Waals surface area contributed by atoms with Gasteiger partial charge in [0, 0.05) is 5.56 Å². The summed E-state index contributed by atoms with van der Waals surface area (Å²) in [7, 11) is 0. The summed E-state index contributed by atoms with van der Waals surface area (Å²) < 4.78 is 27.5. The van der Waals surface area contributed by atoms with Gasteiger partial charge in [-0.25, -0.2) is 8.78 Å². The van der Waals surface area contributed by atoms with Gasteiger partial charge in [0.2, 0.25) is 0 Å². The molecular formula is C11H3ClF2NS. The highest BCUT2D eigenvalue weighted by atomic mass is 35.5. The molecule has 0 aliphatic rings. The number of benzene rings is 1. The molecule has 1 nitrogen and oxygen atoms in total. The fourth-order valence-electron chi connectivity index (χ4n) is 1.29. The summed E-state index contributed by atoms with van der Waals surface area (Å²) in [6, 6.07) is 5.08. The molecule has 0 amide bonds. The average molecular weight is 255 g/mol. The lowest BCUT2D eigenvalue weighted by atomic mass is 10.1. The van der Waals surface area contributed by atoms with E-state index >= 15 is 0 Å². The Labute approximate surface area is 99.5 Å². The number of rotatable bonds is 1. The van der Waals surface area contributed by atoms with Crippen LogP contribution in [-0.2, 0) is 0 Å². The predicted octanol–water partition coefficient (Wildman–Crippen LogP) is 4.02. The quantitative estimate of drug-likeness (QED) is 0.754. The van der Waals surface area contributed by atoms with Crippen molar-refractivity contribution < 1.29 is 8.78 Å². The molecule has 16 heavy (non-hydrogen) atoms. The molecule has 0 N–H and O–H groups in total. The van der Waals surface area contributed by atoms with Gasteiger partial charge in [0.05, 0.1) is 26.9 Å². The van der Waals surface area contributed by atoms with Crippen molar-refractivity contribution in [1.29, 1.82) is 5.26 Å². The molecule has 0 spiro atoms. The van der Waals surface area contributed by atoms with Gasteiger partial charge in [-0.05, 0) is 18.2 Å². The van der Waals surface area contributed by atoms with Gasteiger partial charge in [-0.2, -0.15) is 5.26 Å². The van der Waals surface area contributed by atoms with E-state index in [1.807, 2.05) is 0 Å². The van der Waals surface area contributed by atoms with E-state index in [4.69, 9.17) is 16.9 Å². The highest BCUT2D eigenvalue weighted by Crippen LogP contribution is 2.32. The first kappa shape index (κ1) is 11.1. The van der Waals surface area contributed by atoms with Crippen molar-refractivity contribution in [2.75, 3.05) is 0 Å². The summed E-state index contributed by atoms with van der Waals surface area (Å²) in [5.74, 6) is -1.58. The number of hydrogen-bond donors (Lipinski definition) is 0. The molecule has 0 atom stereocenters. The summed E-state index contributed by atoms with van der Waals surface area (Å²) in [5.41, 5.74) is -0.00304. The Bertz CT molecular complexity index is 563. The normalized spacial score (nSPS) is 10.1. The summed E-state index contributed by atoms with van der Waals surface area (Å²) in [6.07, 6.45) is 0. The Hall–Kier alpha value is -1.44. The maximum absolute atomic E-state index is 13.5. The first-order valence-corrected chi connectivity index (χ1v) is 5.38. The van der Waals surface area contributed by atoms with Crippen LogP contribution in [0.15, 0.2) is 18.2 Å². The molecule has 2 rings (SSSR count). The Morgan fingerprint density at radius 2 is 1.88 bits per heavy atom. The summed E-state index contributed by atoms with van der Waals surface area (Å²) in [5, 5.41) is 11.2. The van der Waals surface area contributed by atoms with E-state index in [2.05, 4.69) is 5.38 Å². The zero-order chi connectivity index (χ0) is 11.7. The molecule has 2 aromatic rings. The second kappa shape index (κ2) is 4.20. The van der Waals surface area contributed by atoms with Crippen LogP contribution < -0.4 is 0 Å². The number of halogens is 3. The topological polar surface area (TPSA) is 23.8 Å². The van der Waals surface area contributed by atoms with E-state index in [0.717, 1.165) is 23.5 Å². The lowest BCUT2D eigenvalue weighted by molar-refractivity contribution is 0.589. The Morgan fingerprint density at radius 3 is 2.31 bits per heavy atom. The molecule has 0 saturated carbocycles. The van der Waals surface area contributed by atoms with Crippen LogP contribution in [0.1, 0.15) is 5.56 Å². The Morgan fingerprint density at radius 1 is 1.25 bits per heavy atom. The van der Waals surface area contributed by atoms with E-state index in [9.17, 15) is 8.78 Å². The maximum Gasteiger partial charge on any atom is 0.135 e. The molecule has 0 saturated heterocycles. The van der Waals surface area contributed by atoms with E-state index < -0.39 is 11.6 Å². The van der Waals surface area contributed by atoms with Crippen LogP contribution >= 0.6 is 22.9 Å². The van der Waals surface area contributed by atoms with Gasteiger partial charge in [0.1, 0.15) is 11.6 Å². The molecule has 0 bridgehead atoms. The number of nitriles is 1. The van der Waals surface area contributed by atoms with E-state index in [1.165, 1.54) is 6.07 Å². The van der Waals surface area contributed by atoms with Crippen molar-refractivity contribution >= 4 is 22.9 Å². The lowest BCUT2D eigenvalue weighted by Crippen LogP contribution is -1.91. The van der Waals surface area contributed by atoms with Crippen LogP contribution in [0.4, 0.5) is 8.78 Å². The third kappa shape index (κ3) is 1.92. The van der Waals surface area contributed by atoms with Crippen molar-refractivity contribution in [3.63, 3.8) is 0 Å². The fraction of sp³-hybridized carbons (Fsp3) is 0. The minimum Gasteiger partial charge on any atom is -0.206 e. The maximum atomic E-state index is 13.5. The van der Waals surface area contributed by atoms with Crippen molar-refractivity contribution in [2.24, 2.45) is 0 Å². The van der Waals surface area contributed by atoms with Crippen molar-refractivity contribution in [1.82, 2.24) is 0 Å². The van der Waals surface area contributed by atoms with E-state index in [-0.39, 0.29) is 16.7 Å². The summed E-state index contributed by atoms with van der Waals surface area (Å²) in [6.45, 7) is 0. The van der Waals surface area contributed by atoms with Gasteiger partial charge >= 0.3 is 0 Å². The van der Waals surface area contributed by atoms with Gasteiger partial charge in [-0.1, -0.05) is 11.6 Å². The zero-order valence-corrected chi connectivity index (χ0v) is 9.29. The average Bonchev–Trinajstić information content (AvgIpc) is 2.63. The molecule has 1 aromatic carbocycles. The molecule has 1 heterocycles. The number of thiophene rings is 1. The van der Waals surface area contributed by atoms with Crippen molar-refractivity contribution in [2.45, 2.75) is 0 Å². The Balaban J connectivity index is 2.63.